The van der Waals surface area contributed by atoms with Gasteiger partial charge in [-0.05, 0) is 18.6 Å². The molecule has 0 aliphatic carbocycles. The third-order valence-electron chi connectivity index (χ3n) is 2.39. The lowest BCUT2D eigenvalue weighted by Crippen LogP contribution is -2.27. The van der Waals surface area contributed by atoms with Crippen molar-refractivity contribution >= 4 is 11.3 Å². The molecule has 2 rings (SSSR count). The molecule has 2 aromatic heterocycles. The number of pyridine rings is 1. The van der Waals surface area contributed by atoms with Crippen molar-refractivity contribution in [2.45, 2.75) is 18.9 Å². The van der Waals surface area contributed by atoms with E-state index in [2.05, 4.69) is 9.97 Å². The quantitative estimate of drug-likeness (QED) is 0.862. The summed E-state index contributed by atoms with van der Waals surface area (Å²) < 4.78 is 0. The van der Waals surface area contributed by atoms with Gasteiger partial charge in [-0.2, -0.15) is 0 Å². The molecule has 0 fully saturated rings. The lowest BCUT2D eigenvalue weighted by molar-refractivity contribution is 0.0716. The zero-order valence-electron chi connectivity index (χ0n) is 8.42. The maximum Gasteiger partial charge on any atom is 0.157 e. The normalized spacial score (nSPS) is 14.8. The Kier molecular flexibility index (Phi) is 2.79. The van der Waals surface area contributed by atoms with Gasteiger partial charge in [0, 0.05) is 17.8 Å². The van der Waals surface area contributed by atoms with Crippen LogP contribution >= 0.6 is 11.3 Å². The van der Waals surface area contributed by atoms with Crippen LogP contribution < -0.4 is 0 Å². The number of thiazole rings is 1. The Morgan fingerprint density at radius 2 is 2.20 bits per heavy atom. The molecule has 4 heteroatoms. The number of nitrogens with zero attached hydrogens (tertiary/aromatic N) is 2. The van der Waals surface area contributed by atoms with E-state index in [0.29, 0.717) is 17.1 Å². The zero-order chi connectivity index (χ0) is 10.7. The van der Waals surface area contributed by atoms with E-state index in [0.717, 1.165) is 0 Å². The molecule has 0 aromatic carbocycles. The van der Waals surface area contributed by atoms with E-state index in [9.17, 15) is 5.11 Å². The van der Waals surface area contributed by atoms with Crippen LogP contribution in [0.1, 0.15) is 24.0 Å². The minimum absolute atomic E-state index is 0.567. The minimum atomic E-state index is -1.05. The third-order valence-corrected chi connectivity index (χ3v) is 3.31. The summed E-state index contributed by atoms with van der Waals surface area (Å²) in [5.74, 6) is 0. The predicted octanol–water partition coefficient (Wildman–Crippen LogP) is 2.18. The van der Waals surface area contributed by atoms with Crippen molar-refractivity contribution in [3.63, 3.8) is 0 Å². The van der Waals surface area contributed by atoms with Gasteiger partial charge < -0.3 is 5.11 Å². The van der Waals surface area contributed by atoms with E-state index >= 15 is 0 Å². The van der Waals surface area contributed by atoms with Crippen molar-refractivity contribution in [1.82, 2.24) is 9.97 Å². The number of rotatable bonds is 3. The summed E-state index contributed by atoms with van der Waals surface area (Å²) in [5, 5.41) is 13.1. The fourth-order valence-corrected chi connectivity index (χ4v) is 2.29. The molecule has 0 aliphatic rings. The van der Waals surface area contributed by atoms with Crippen LogP contribution in [0.25, 0.3) is 0 Å². The molecule has 0 radical (unpaired) electrons. The van der Waals surface area contributed by atoms with Crippen LogP contribution in [0.4, 0.5) is 0 Å². The highest BCUT2D eigenvalue weighted by molar-refractivity contribution is 7.09. The van der Waals surface area contributed by atoms with E-state index in [1.54, 1.807) is 12.4 Å². The summed E-state index contributed by atoms with van der Waals surface area (Å²) in [6, 6.07) is 5.53. The summed E-state index contributed by atoms with van der Waals surface area (Å²) in [4.78, 5) is 8.36. The highest BCUT2D eigenvalue weighted by Crippen LogP contribution is 2.32. The van der Waals surface area contributed by atoms with Crippen molar-refractivity contribution in [3.8, 4) is 0 Å². The second-order valence-corrected chi connectivity index (χ2v) is 4.16. The Labute approximate surface area is 92.5 Å². The van der Waals surface area contributed by atoms with Gasteiger partial charge >= 0.3 is 0 Å². The Morgan fingerprint density at radius 3 is 2.73 bits per heavy atom. The standard InChI is InChI=1S/C11H12N2OS/c1-2-11(14,10-13-7-8-15-10)9-5-3-4-6-12-9/h3-8,14H,2H2,1H3. The van der Waals surface area contributed by atoms with Crippen LogP contribution in [-0.4, -0.2) is 15.1 Å². The smallest absolute Gasteiger partial charge is 0.157 e. The summed E-state index contributed by atoms with van der Waals surface area (Å²) in [7, 11) is 0. The van der Waals surface area contributed by atoms with E-state index in [4.69, 9.17) is 0 Å². The van der Waals surface area contributed by atoms with Gasteiger partial charge in [-0.1, -0.05) is 13.0 Å². The van der Waals surface area contributed by atoms with Crippen LogP contribution in [0.2, 0.25) is 0 Å². The molecule has 1 N–H and O–H groups in total. The van der Waals surface area contributed by atoms with Gasteiger partial charge in [0.2, 0.25) is 0 Å². The molecule has 0 aliphatic heterocycles. The van der Waals surface area contributed by atoms with Crippen LogP contribution in [-0.2, 0) is 5.60 Å². The average molecular weight is 220 g/mol. The van der Waals surface area contributed by atoms with Gasteiger partial charge in [0.1, 0.15) is 5.01 Å². The van der Waals surface area contributed by atoms with E-state index in [1.165, 1.54) is 11.3 Å². The molecule has 2 heterocycles. The molecule has 0 saturated heterocycles. The van der Waals surface area contributed by atoms with Gasteiger partial charge in [-0.15, -0.1) is 11.3 Å². The monoisotopic (exact) mass is 220 g/mol. The maximum absolute atomic E-state index is 10.5. The van der Waals surface area contributed by atoms with Crippen LogP contribution in [0.3, 0.4) is 0 Å². The van der Waals surface area contributed by atoms with Gasteiger partial charge in [0.05, 0.1) is 5.69 Å². The Hall–Kier alpha value is -1.26. The van der Waals surface area contributed by atoms with Crippen LogP contribution in [0.15, 0.2) is 36.0 Å². The number of aliphatic hydroxyl groups is 1. The molecule has 0 amide bonds. The topological polar surface area (TPSA) is 46.0 Å². The minimum Gasteiger partial charge on any atom is -0.376 e. The first-order valence-electron chi connectivity index (χ1n) is 4.81. The molecule has 0 saturated carbocycles. The van der Waals surface area contributed by atoms with Crippen molar-refractivity contribution in [2.75, 3.05) is 0 Å². The Balaban J connectivity index is 2.47. The first-order chi connectivity index (χ1) is 7.27. The summed E-state index contributed by atoms with van der Waals surface area (Å²) in [6.45, 7) is 1.93. The molecule has 3 nitrogen and oxygen atoms in total. The van der Waals surface area contributed by atoms with E-state index in [1.807, 2.05) is 30.5 Å². The second kappa shape index (κ2) is 4.08. The van der Waals surface area contributed by atoms with E-state index in [-0.39, 0.29) is 0 Å². The zero-order valence-corrected chi connectivity index (χ0v) is 9.24. The van der Waals surface area contributed by atoms with Crippen molar-refractivity contribution in [3.05, 3.63) is 46.7 Å². The van der Waals surface area contributed by atoms with Gasteiger partial charge in [-0.3, -0.25) is 4.98 Å². The SMILES string of the molecule is CCC(O)(c1ccccn1)c1nccs1. The van der Waals surface area contributed by atoms with Crippen molar-refractivity contribution in [2.24, 2.45) is 0 Å². The van der Waals surface area contributed by atoms with Gasteiger partial charge in [0.15, 0.2) is 5.60 Å². The maximum atomic E-state index is 10.5. The first-order valence-corrected chi connectivity index (χ1v) is 5.69. The molecule has 78 valence electrons. The summed E-state index contributed by atoms with van der Waals surface area (Å²) in [5.41, 5.74) is -0.391. The largest absolute Gasteiger partial charge is 0.376 e. The number of hydrogen-bond donors (Lipinski definition) is 1. The summed E-state index contributed by atoms with van der Waals surface area (Å²) in [6.07, 6.45) is 3.95. The molecule has 15 heavy (non-hydrogen) atoms. The highest BCUT2D eigenvalue weighted by Gasteiger charge is 2.33. The van der Waals surface area contributed by atoms with Crippen LogP contribution in [0, 0.1) is 0 Å². The van der Waals surface area contributed by atoms with Crippen molar-refractivity contribution in [1.29, 1.82) is 0 Å². The predicted molar refractivity (Wildman–Crippen MR) is 59.6 cm³/mol. The summed E-state index contributed by atoms with van der Waals surface area (Å²) >= 11 is 1.45. The number of hydrogen-bond acceptors (Lipinski definition) is 4. The second-order valence-electron chi connectivity index (χ2n) is 3.27. The Morgan fingerprint density at radius 1 is 1.33 bits per heavy atom. The van der Waals surface area contributed by atoms with Gasteiger partial charge in [-0.25, -0.2) is 4.98 Å². The molecule has 0 spiro atoms. The lowest BCUT2D eigenvalue weighted by atomic mass is 9.97. The molecular weight excluding hydrogens is 208 g/mol. The van der Waals surface area contributed by atoms with Crippen LogP contribution in [0.5, 0.6) is 0 Å². The Bertz CT molecular complexity index is 415. The molecule has 2 aromatic rings. The lowest BCUT2D eigenvalue weighted by Gasteiger charge is -2.23. The van der Waals surface area contributed by atoms with Crippen molar-refractivity contribution < 1.29 is 5.11 Å². The van der Waals surface area contributed by atoms with Gasteiger partial charge in [0.25, 0.3) is 0 Å². The first kappa shape index (κ1) is 10.3. The molecular formula is C11H12N2OS. The molecule has 1 unspecified atom stereocenters. The molecule has 1 atom stereocenters. The third kappa shape index (κ3) is 1.78. The molecule has 0 bridgehead atoms. The number of aromatic nitrogens is 2. The fraction of sp³-hybridized carbons (Fsp3) is 0.273. The average Bonchev–Trinajstić information content (AvgIpc) is 2.83. The fourth-order valence-electron chi connectivity index (χ4n) is 1.48. The highest BCUT2D eigenvalue weighted by atomic mass is 32.1. The van der Waals surface area contributed by atoms with E-state index < -0.39 is 5.60 Å².